The Morgan fingerprint density at radius 1 is 0.833 bits per heavy atom. The Kier molecular flexibility index (Phi) is 2.80. The minimum absolute atomic E-state index is 4.12. The largest absolute Gasteiger partial charge is 0.477 e. The molecule has 112 valence electrons. The zero-order valence-electron chi connectivity index (χ0n) is 7.42. The number of alkyl halides is 6. The number of hydrogen-bond donors (Lipinski definition) is 1. The van der Waals surface area contributed by atoms with Crippen molar-refractivity contribution in [2.45, 2.75) is 17.1 Å². The van der Waals surface area contributed by atoms with Crippen LogP contribution in [0, 0.1) is 0 Å². The molecule has 0 aliphatic rings. The summed E-state index contributed by atoms with van der Waals surface area (Å²) in [5, 5.41) is -1.09. The fraction of sp³-hybridized carbons (Fsp3) is 0.750. The fourth-order valence-corrected chi connectivity index (χ4v) is 1.17. The summed E-state index contributed by atoms with van der Waals surface area (Å²) in [5.41, 5.74) is 0. The Balaban J connectivity index is 6.19. The second kappa shape index (κ2) is 2.96. The predicted octanol–water partition coefficient (Wildman–Crippen LogP) is 4.23. The topological polar surface area (TPSA) is 37.3 Å². The Morgan fingerprint density at radius 3 is 1.28 bits per heavy atom. The van der Waals surface area contributed by atoms with E-state index >= 15 is 0 Å². The van der Waals surface area contributed by atoms with Gasteiger partial charge in [0.15, 0.2) is 0 Å². The zero-order chi connectivity index (χ0) is 15.5. The molecule has 18 heavy (non-hydrogen) atoms. The molecule has 2 nitrogen and oxygen atoms in total. The lowest BCUT2D eigenvalue weighted by atomic mass is 10.2. The first-order valence-corrected chi connectivity index (χ1v) is 5.24. The molecular formula is C4HF11O2S. The molecule has 0 bridgehead atoms. The van der Waals surface area contributed by atoms with Crippen molar-refractivity contribution in [2.75, 3.05) is 0 Å². The molecule has 1 N–H and O–H groups in total. The molecule has 0 aromatic carbocycles. The smallest absolute Gasteiger partial charge is 0.450 e. The van der Waals surface area contributed by atoms with Crippen LogP contribution in [0.1, 0.15) is 0 Å². The van der Waals surface area contributed by atoms with E-state index in [-0.39, 0.29) is 0 Å². The van der Waals surface area contributed by atoms with Crippen molar-refractivity contribution < 1.29 is 55.7 Å². The molecule has 0 unspecified atom stereocenters. The fourth-order valence-electron chi connectivity index (χ4n) is 0.559. The quantitative estimate of drug-likeness (QED) is 0.787. The van der Waals surface area contributed by atoms with Gasteiger partial charge < -0.3 is 5.11 Å². The lowest BCUT2D eigenvalue weighted by Gasteiger charge is -2.48. The average Bonchev–Trinajstić information content (AvgIpc) is 1.97. The molecule has 0 aromatic rings. The van der Waals surface area contributed by atoms with Gasteiger partial charge in [0.2, 0.25) is 0 Å². The van der Waals surface area contributed by atoms with Crippen LogP contribution in [-0.4, -0.2) is 28.2 Å². The van der Waals surface area contributed by atoms with Crippen LogP contribution < -0.4 is 0 Å². The Bertz CT molecular complexity index is 378. The van der Waals surface area contributed by atoms with Crippen molar-refractivity contribution in [3.05, 3.63) is 0 Å². The van der Waals surface area contributed by atoms with Gasteiger partial charge in [0.1, 0.15) is 0 Å². The number of aliphatic carboxylic acids is 1. The molecule has 0 aliphatic heterocycles. The summed E-state index contributed by atoms with van der Waals surface area (Å²) in [5.74, 6) is -19.0. The van der Waals surface area contributed by atoms with E-state index in [0.29, 0.717) is 0 Å². The second-order valence-corrected chi connectivity index (χ2v) is 5.39. The summed E-state index contributed by atoms with van der Waals surface area (Å²) < 4.78 is 130. The number of halogens is 11. The van der Waals surface area contributed by atoms with Crippen molar-refractivity contribution in [1.82, 2.24) is 0 Å². The number of hydrogen-bond acceptors (Lipinski definition) is 1. The van der Waals surface area contributed by atoms with Gasteiger partial charge in [-0.1, -0.05) is 19.4 Å². The molecule has 0 atom stereocenters. The third-order valence-corrected chi connectivity index (χ3v) is 2.74. The predicted molar refractivity (Wildman–Crippen MR) is 35.6 cm³/mol. The van der Waals surface area contributed by atoms with Gasteiger partial charge in [-0.25, -0.2) is 4.79 Å². The van der Waals surface area contributed by atoms with Gasteiger partial charge in [0.05, 0.1) is 0 Å². The number of carboxylic acid groups (broad SMARTS) is 1. The van der Waals surface area contributed by atoms with Crippen molar-refractivity contribution in [1.29, 1.82) is 0 Å². The van der Waals surface area contributed by atoms with Crippen molar-refractivity contribution in [2.24, 2.45) is 0 Å². The number of carboxylic acids is 1. The van der Waals surface area contributed by atoms with Crippen LogP contribution in [0.25, 0.3) is 0 Å². The van der Waals surface area contributed by atoms with Gasteiger partial charge in [-0.15, -0.1) is 0 Å². The minimum atomic E-state index is -12.4. The highest BCUT2D eigenvalue weighted by atomic mass is 32.5. The maximum absolute atomic E-state index is 12.4. The molecule has 0 saturated heterocycles. The van der Waals surface area contributed by atoms with Crippen LogP contribution in [0.15, 0.2) is 0 Å². The normalized spacial score (nSPS) is 19.1. The third-order valence-electron chi connectivity index (χ3n) is 1.51. The first-order chi connectivity index (χ1) is 7.19. The van der Waals surface area contributed by atoms with E-state index in [1.807, 2.05) is 0 Å². The molecule has 0 rings (SSSR count). The van der Waals surface area contributed by atoms with Crippen LogP contribution in [-0.2, 0) is 4.79 Å². The molecule has 0 amide bonds. The molecule has 0 heterocycles. The van der Waals surface area contributed by atoms with E-state index in [2.05, 4.69) is 0 Å². The Morgan fingerprint density at radius 2 is 1.11 bits per heavy atom. The van der Waals surface area contributed by atoms with Crippen LogP contribution in [0.5, 0.6) is 0 Å². The monoisotopic (exact) mass is 322 g/mol. The van der Waals surface area contributed by atoms with Gasteiger partial charge in [-0.05, 0) is 0 Å². The molecule has 0 aliphatic carbocycles. The highest BCUT2D eigenvalue weighted by Gasteiger charge is 2.96. The van der Waals surface area contributed by atoms with Gasteiger partial charge in [-0.2, -0.15) is 26.3 Å². The summed E-state index contributed by atoms with van der Waals surface area (Å²) in [4.78, 5) is 9.49. The van der Waals surface area contributed by atoms with Crippen LogP contribution in [0.3, 0.4) is 0 Å². The molecule has 0 saturated carbocycles. The molecule has 0 radical (unpaired) electrons. The standard InChI is InChI=1S/C4HF11O2S/c5-2(6,1(16)17)3(7,8)4(9,10)18(11,12,13,14)15/h(H,16,17). The lowest BCUT2D eigenvalue weighted by molar-refractivity contribution is -0.283. The summed E-state index contributed by atoms with van der Waals surface area (Å²) in [7, 11) is -12.4. The van der Waals surface area contributed by atoms with Gasteiger partial charge in [0, 0.05) is 0 Å². The first kappa shape index (κ1) is 17.1. The highest BCUT2D eigenvalue weighted by Crippen LogP contribution is 3.06. The minimum Gasteiger partial charge on any atom is -0.477 e. The zero-order valence-corrected chi connectivity index (χ0v) is 8.24. The van der Waals surface area contributed by atoms with Crippen molar-refractivity contribution >= 4 is 16.2 Å². The first-order valence-electron chi connectivity index (χ1n) is 3.29. The molecule has 0 aromatic heterocycles. The van der Waals surface area contributed by atoms with Crippen molar-refractivity contribution in [3.63, 3.8) is 0 Å². The lowest BCUT2D eigenvalue weighted by Crippen LogP contribution is -2.61. The van der Waals surface area contributed by atoms with Crippen LogP contribution in [0.4, 0.5) is 45.8 Å². The summed E-state index contributed by atoms with van der Waals surface area (Å²) in [6.07, 6.45) is 0. The highest BCUT2D eigenvalue weighted by molar-refractivity contribution is 8.46. The van der Waals surface area contributed by atoms with Crippen LogP contribution >= 0.6 is 10.2 Å². The van der Waals surface area contributed by atoms with E-state index < -0.39 is 33.3 Å². The number of rotatable bonds is 4. The van der Waals surface area contributed by atoms with E-state index in [9.17, 15) is 50.6 Å². The number of carbonyl (C=O) groups is 1. The molecule has 14 heteroatoms. The second-order valence-electron chi connectivity index (χ2n) is 2.94. The molecule has 0 fully saturated rings. The molecule has 0 spiro atoms. The van der Waals surface area contributed by atoms with Gasteiger partial charge in [-0.3, -0.25) is 0 Å². The van der Waals surface area contributed by atoms with E-state index in [1.165, 1.54) is 0 Å². The Hall–Kier alpha value is -0.950. The maximum Gasteiger partial charge on any atom is 0.450 e. The molecular weight excluding hydrogens is 321 g/mol. The Labute approximate surface area is 90.1 Å². The van der Waals surface area contributed by atoms with E-state index in [4.69, 9.17) is 5.11 Å². The summed E-state index contributed by atoms with van der Waals surface area (Å²) >= 11 is 0. The van der Waals surface area contributed by atoms with Crippen LogP contribution in [0.2, 0.25) is 0 Å². The maximum atomic E-state index is 12.2. The van der Waals surface area contributed by atoms with E-state index in [0.717, 1.165) is 0 Å². The van der Waals surface area contributed by atoms with Gasteiger partial charge >= 0.3 is 33.3 Å². The SMILES string of the molecule is O=C(O)C(F)(F)C(F)(F)C(F)(F)S(F)(F)(F)(F)F. The van der Waals surface area contributed by atoms with E-state index in [1.54, 1.807) is 0 Å². The summed E-state index contributed by atoms with van der Waals surface area (Å²) in [6.45, 7) is 0. The van der Waals surface area contributed by atoms with Crippen molar-refractivity contribution in [3.8, 4) is 0 Å². The average molecular weight is 322 g/mol. The summed E-state index contributed by atoms with van der Waals surface area (Å²) in [6, 6.07) is 0. The van der Waals surface area contributed by atoms with Gasteiger partial charge in [0.25, 0.3) is 0 Å². The third kappa shape index (κ3) is 2.05.